The summed E-state index contributed by atoms with van der Waals surface area (Å²) in [6.07, 6.45) is 5.60. The minimum atomic E-state index is 0.778. The van der Waals surface area contributed by atoms with Crippen LogP contribution in [0, 0.1) is 5.92 Å². The summed E-state index contributed by atoms with van der Waals surface area (Å²) in [4.78, 5) is 0. The maximum atomic E-state index is 5.47. The highest BCUT2D eigenvalue weighted by atomic mass is 32.2. The van der Waals surface area contributed by atoms with E-state index < -0.39 is 0 Å². The topological polar surface area (TPSA) is 26.0 Å². The van der Waals surface area contributed by atoms with Crippen molar-refractivity contribution in [2.45, 2.75) is 37.9 Å². The van der Waals surface area contributed by atoms with Crippen LogP contribution in [0.1, 0.15) is 32.6 Å². The Kier molecular flexibility index (Phi) is 4.31. The number of rotatable bonds is 5. The third kappa shape index (κ3) is 3.48. The Hall–Kier alpha value is 0.310. The first-order valence-corrected chi connectivity index (χ1v) is 5.69. The fraction of sp³-hybridized carbons (Fsp3) is 1.00. The van der Waals surface area contributed by atoms with Crippen molar-refractivity contribution < 1.29 is 0 Å². The van der Waals surface area contributed by atoms with Crippen molar-refractivity contribution in [1.82, 2.24) is 0 Å². The monoisotopic (exact) mass is 173 g/mol. The molecule has 0 aromatic carbocycles. The molecule has 11 heavy (non-hydrogen) atoms. The molecule has 2 N–H and O–H groups in total. The molecule has 0 aromatic rings. The minimum absolute atomic E-state index is 0.778. The molecule has 0 saturated heterocycles. The van der Waals surface area contributed by atoms with Gasteiger partial charge in [0.1, 0.15) is 0 Å². The van der Waals surface area contributed by atoms with Crippen LogP contribution in [0.2, 0.25) is 0 Å². The van der Waals surface area contributed by atoms with E-state index in [1.807, 2.05) is 0 Å². The zero-order valence-electron chi connectivity index (χ0n) is 7.38. The summed E-state index contributed by atoms with van der Waals surface area (Å²) in [5.41, 5.74) is 5.47. The Bertz CT molecular complexity index is 102. The Labute approximate surface area is 74.1 Å². The van der Waals surface area contributed by atoms with Gasteiger partial charge in [-0.3, -0.25) is 0 Å². The molecule has 0 aromatic heterocycles. The van der Waals surface area contributed by atoms with Crippen LogP contribution >= 0.6 is 11.8 Å². The third-order valence-electron chi connectivity index (χ3n) is 2.41. The smallest absolute Gasteiger partial charge is 0.00308 e. The first kappa shape index (κ1) is 9.40. The van der Waals surface area contributed by atoms with Crippen molar-refractivity contribution in [1.29, 1.82) is 0 Å². The van der Waals surface area contributed by atoms with E-state index >= 15 is 0 Å². The predicted molar refractivity (Wildman–Crippen MR) is 52.9 cm³/mol. The molecule has 1 rings (SSSR count). The molecule has 1 aliphatic carbocycles. The molecule has 0 bridgehead atoms. The first-order chi connectivity index (χ1) is 5.33. The summed E-state index contributed by atoms with van der Waals surface area (Å²) in [6, 6.07) is 0. The van der Waals surface area contributed by atoms with Crippen LogP contribution in [0.4, 0.5) is 0 Å². The van der Waals surface area contributed by atoms with E-state index in [1.54, 1.807) is 0 Å². The predicted octanol–water partition coefficient (Wildman–Crippen LogP) is 2.26. The molecule has 1 fully saturated rings. The molecule has 1 nitrogen and oxygen atoms in total. The molecule has 66 valence electrons. The highest BCUT2D eigenvalue weighted by Crippen LogP contribution is 2.31. The van der Waals surface area contributed by atoms with Crippen molar-refractivity contribution in [3.05, 3.63) is 0 Å². The van der Waals surface area contributed by atoms with Gasteiger partial charge in [0, 0.05) is 5.25 Å². The maximum absolute atomic E-state index is 5.47. The molecule has 0 heterocycles. The van der Waals surface area contributed by atoms with E-state index in [0.29, 0.717) is 0 Å². The van der Waals surface area contributed by atoms with Gasteiger partial charge in [-0.2, -0.15) is 11.8 Å². The lowest BCUT2D eigenvalue weighted by Crippen LogP contribution is -2.16. The Morgan fingerprint density at radius 1 is 1.55 bits per heavy atom. The zero-order chi connectivity index (χ0) is 8.10. The normalized spacial score (nSPS) is 21.3. The standard InChI is InChI=1S/C9H19NS/c1-8(5-6-10)11-7-9-3-2-4-9/h8-9H,2-7,10H2,1H3. The molecule has 1 atom stereocenters. The van der Waals surface area contributed by atoms with Crippen LogP contribution in [0.3, 0.4) is 0 Å². The SMILES string of the molecule is CC(CCN)SCC1CCC1. The second-order valence-corrected chi connectivity index (χ2v) is 4.99. The Balaban J connectivity index is 1.92. The number of hydrogen-bond acceptors (Lipinski definition) is 2. The van der Waals surface area contributed by atoms with E-state index in [9.17, 15) is 0 Å². The van der Waals surface area contributed by atoms with Gasteiger partial charge in [0.05, 0.1) is 0 Å². The molecule has 1 unspecified atom stereocenters. The second-order valence-electron chi connectivity index (χ2n) is 3.52. The Morgan fingerprint density at radius 3 is 2.73 bits per heavy atom. The minimum Gasteiger partial charge on any atom is -0.330 e. The highest BCUT2D eigenvalue weighted by molar-refractivity contribution is 7.99. The van der Waals surface area contributed by atoms with E-state index in [1.165, 1.54) is 31.4 Å². The summed E-state index contributed by atoms with van der Waals surface area (Å²) in [6.45, 7) is 3.13. The van der Waals surface area contributed by atoms with Gasteiger partial charge in [-0.25, -0.2) is 0 Å². The summed E-state index contributed by atoms with van der Waals surface area (Å²) < 4.78 is 0. The second kappa shape index (κ2) is 5.04. The van der Waals surface area contributed by atoms with Crippen molar-refractivity contribution in [2.75, 3.05) is 12.3 Å². The van der Waals surface area contributed by atoms with Crippen LogP contribution < -0.4 is 5.73 Å². The largest absolute Gasteiger partial charge is 0.330 e. The summed E-state index contributed by atoms with van der Waals surface area (Å²) >= 11 is 2.10. The zero-order valence-corrected chi connectivity index (χ0v) is 8.20. The molecule has 1 saturated carbocycles. The Morgan fingerprint density at radius 2 is 2.27 bits per heavy atom. The summed E-state index contributed by atoms with van der Waals surface area (Å²) in [5.74, 6) is 2.42. The van der Waals surface area contributed by atoms with Crippen molar-refractivity contribution in [3.63, 3.8) is 0 Å². The lowest BCUT2D eigenvalue weighted by atomic mass is 9.87. The van der Waals surface area contributed by atoms with Gasteiger partial charge in [0.15, 0.2) is 0 Å². The van der Waals surface area contributed by atoms with Crippen LogP contribution in [0.5, 0.6) is 0 Å². The maximum Gasteiger partial charge on any atom is 0.00308 e. The molecule has 0 amide bonds. The summed E-state index contributed by atoms with van der Waals surface area (Å²) in [7, 11) is 0. The first-order valence-electron chi connectivity index (χ1n) is 4.64. The third-order valence-corrected chi connectivity index (χ3v) is 3.88. The highest BCUT2D eigenvalue weighted by Gasteiger charge is 2.17. The summed E-state index contributed by atoms with van der Waals surface area (Å²) in [5, 5.41) is 0.778. The average Bonchev–Trinajstić information content (AvgIpc) is 1.85. The fourth-order valence-electron chi connectivity index (χ4n) is 1.28. The van der Waals surface area contributed by atoms with E-state index in [0.717, 1.165) is 17.7 Å². The van der Waals surface area contributed by atoms with Crippen LogP contribution in [0.15, 0.2) is 0 Å². The molecular weight excluding hydrogens is 154 g/mol. The van der Waals surface area contributed by atoms with Gasteiger partial charge >= 0.3 is 0 Å². The van der Waals surface area contributed by atoms with Crippen molar-refractivity contribution in [2.24, 2.45) is 11.7 Å². The lowest BCUT2D eigenvalue weighted by molar-refractivity contribution is 0.353. The number of thioether (sulfide) groups is 1. The fourth-order valence-corrected chi connectivity index (χ4v) is 2.51. The van der Waals surface area contributed by atoms with Crippen LogP contribution in [-0.2, 0) is 0 Å². The molecule has 0 spiro atoms. The average molecular weight is 173 g/mol. The van der Waals surface area contributed by atoms with E-state index in [-0.39, 0.29) is 0 Å². The quantitative estimate of drug-likeness (QED) is 0.690. The molecule has 2 heteroatoms. The molecule has 0 radical (unpaired) electrons. The van der Waals surface area contributed by atoms with E-state index in [2.05, 4.69) is 18.7 Å². The number of nitrogens with two attached hydrogens (primary N) is 1. The van der Waals surface area contributed by atoms with Crippen molar-refractivity contribution >= 4 is 11.8 Å². The van der Waals surface area contributed by atoms with Gasteiger partial charge in [0.25, 0.3) is 0 Å². The van der Waals surface area contributed by atoms with Crippen molar-refractivity contribution in [3.8, 4) is 0 Å². The van der Waals surface area contributed by atoms with Gasteiger partial charge in [-0.1, -0.05) is 13.3 Å². The van der Waals surface area contributed by atoms with Gasteiger partial charge < -0.3 is 5.73 Å². The number of hydrogen-bond donors (Lipinski definition) is 1. The molecule has 1 aliphatic rings. The lowest BCUT2D eigenvalue weighted by Gasteiger charge is -2.26. The van der Waals surface area contributed by atoms with Crippen LogP contribution in [-0.4, -0.2) is 17.5 Å². The van der Waals surface area contributed by atoms with Gasteiger partial charge in [-0.15, -0.1) is 0 Å². The van der Waals surface area contributed by atoms with E-state index in [4.69, 9.17) is 5.73 Å². The molecule has 0 aliphatic heterocycles. The van der Waals surface area contributed by atoms with Gasteiger partial charge in [0.2, 0.25) is 0 Å². The van der Waals surface area contributed by atoms with Crippen LogP contribution in [0.25, 0.3) is 0 Å². The van der Waals surface area contributed by atoms with Gasteiger partial charge in [-0.05, 0) is 37.5 Å². The molecular formula is C9H19NS.